The number of aldehydes is 1. The first-order valence-electron chi connectivity index (χ1n) is 4.77. The number of hydrogen-bond acceptors (Lipinski definition) is 4. The predicted octanol–water partition coefficient (Wildman–Crippen LogP) is 0.0200. The van der Waals surface area contributed by atoms with E-state index in [1.807, 2.05) is 0 Å². The highest BCUT2D eigenvalue weighted by Crippen LogP contribution is 1.97. The fraction of sp³-hybridized carbons (Fsp3) is 0.600. The second-order valence-corrected chi connectivity index (χ2v) is 3.18. The van der Waals surface area contributed by atoms with Crippen LogP contribution in [-0.4, -0.2) is 30.3 Å². The van der Waals surface area contributed by atoms with E-state index < -0.39 is 0 Å². The first-order valence-corrected chi connectivity index (χ1v) is 4.77. The Labute approximate surface area is 88.2 Å². The second-order valence-electron chi connectivity index (χ2n) is 3.18. The van der Waals surface area contributed by atoms with Gasteiger partial charge in [-0.3, -0.25) is 14.4 Å². The van der Waals surface area contributed by atoms with Crippen molar-refractivity contribution in [1.29, 1.82) is 0 Å². The van der Waals surface area contributed by atoms with Gasteiger partial charge < -0.3 is 10.1 Å². The first-order chi connectivity index (χ1) is 7.06. The van der Waals surface area contributed by atoms with Crippen molar-refractivity contribution < 1.29 is 19.2 Å². The molecule has 0 aliphatic carbocycles. The van der Waals surface area contributed by atoms with Gasteiger partial charge in [0.2, 0.25) is 5.91 Å². The third-order valence-electron chi connectivity index (χ3n) is 1.77. The van der Waals surface area contributed by atoms with Crippen LogP contribution in [-0.2, 0) is 19.2 Å². The molecule has 0 aliphatic rings. The third-order valence-corrected chi connectivity index (χ3v) is 1.77. The van der Waals surface area contributed by atoms with Gasteiger partial charge in [-0.2, -0.15) is 0 Å². The van der Waals surface area contributed by atoms with Crippen LogP contribution in [0, 0.1) is 0 Å². The summed E-state index contributed by atoms with van der Waals surface area (Å²) in [5.74, 6) is -0.485. The Morgan fingerprint density at radius 2 is 1.67 bits per heavy atom. The molecule has 0 atom stereocenters. The van der Waals surface area contributed by atoms with E-state index in [0.717, 1.165) is 0 Å². The smallest absolute Gasteiger partial charge is 0.216 e. The molecule has 0 spiro atoms. The summed E-state index contributed by atoms with van der Waals surface area (Å²) in [5, 5.41) is 2.49. The van der Waals surface area contributed by atoms with Crippen LogP contribution in [0.5, 0.6) is 0 Å². The van der Waals surface area contributed by atoms with Crippen LogP contribution in [0.25, 0.3) is 0 Å². The molecule has 0 saturated heterocycles. The second kappa shape index (κ2) is 7.84. The molecule has 0 saturated carbocycles. The summed E-state index contributed by atoms with van der Waals surface area (Å²) < 4.78 is 0. The Morgan fingerprint density at radius 1 is 1.07 bits per heavy atom. The zero-order chi connectivity index (χ0) is 11.7. The van der Waals surface area contributed by atoms with Crippen molar-refractivity contribution in [2.75, 3.05) is 6.54 Å². The fourth-order valence-electron chi connectivity index (χ4n) is 0.977. The molecule has 0 rings (SSSR count). The molecule has 5 nitrogen and oxygen atoms in total. The normalized spacial score (nSPS) is 9.40. The summed E-state index contributed by atoms with van der Waals surface area (Å²) in [5.41, 5.74) is 0. The van der Waals surface area contributed by atoms with E-state index in [0.29, 0.717) is 12.8 Å². The molecule has 1 N–H and O–H groups in total. The van der Waals surface area contributed by atoms with E-state index in [4.69, 9.17) is 0 Å². The molecule has 0 heterocycles. The van der Waals surface area contributed by atoms with Crippen LogP contribution >= 0.6 is 0 Å². The van der Waals surface area contributed by atoms with Crippen LogP contribution in [0.4, 0.5) is 0 Å². The van der Waals surface area contributed by atoms with Gasteiger partial charge in [0.25, 0.3) is 0 Å². The number of hydrogen-bond donors (Lipinski definition) is 1. The largest absolute Gasteiger partial charge is 0.356 e. The van der Waals surface area contributed by atoms with Crippen molar-refractivity contribution in [1.82, 2.24) is 5.32 Å². The number of nitrogens with one attached hydrogen (secondary N) is 1. The number of rotatable bonds is 8. The van der Waals surface area contributed by atoms with Gasteiger partial charge in [-0.1, -0.05) is 0 Å². The monoisotopic (exact) mass is 213 g/mol. The van der Waals surface area contributed by atoms with Crippen molar-refractivity contribution in [2.45, 2.75) is 32.6 Å². The van der Waals surface area contributed by atoms with Gasteiger partial charge in [0.05, 0.1) is 6.42 Å². The third kappa shape index (κ3) is 8.80. The highest BCUT2D eigenvalue weighted by atomic mass is 16.2. The number of carbonyl (C=O) groups excluding carboxylic acids is 4. The van der Waals surface area contributed by atoms with Crippen LogP contribution in [0.2, 0.25) is 0 Å². The van der Waals surface area contributed by atoms with Crippen molar-refractivity contribution in [2.24, 2.45) is 0 Å². The van der Waals surface area contributed by atoms with E-state index >= 15 is 0 Å². The number of Topliss-reactive ketones (excluding diaryl/α,β-unsaturated/α-hetero) is 2. The minimum absolute atomic E-state index is 0.0806. The maximum atomic E-state index is 11.1. The molecule has 5 heteroatoms. The van der Waals surface area contributed by atoms with Gasteiger partial charge in [0, 0.05) is 32.7 Å². The Bertz CT molecular complexity index is 260. The van der Waals surface area contributed by atoms with Gasteiger partial charge >= 0.3 is 0 Å². The lowest BCUT2D eigenvalue weighted by atomic mass is 10.1. The van der Waals surface area contributed by atoms with Gasteiger partial charge in [-0.25, -0.2) is 0 Å². The lowest BCUT2D eigenvalue weighted by Gasteiger charge is -2.00. The summed E-state index contributed by atoms with van der Waals surface area (Å²) in [4.78, 5) is 42.4. The molecule has 0 bridgehead atoms. The molecular weight excluding hydrogens is 198 g/mol. The molecule has 0 aromatic heterocycles. The summed E-state index contributed by atoms with van der Waals surface area (Å²) in [6.07, 6.45) is 0.890. The van der Waals surface area contributed by atoms with Crippen molar-refractivity contribution in [3.8, 4) is 0 Å². The molecule has 0 aliphatic heterocycles. The van der Waals surface area contributed by atoms with Gasteiger partial charge in [0.15, 0.2) is 0 Å². The van der Waals surface area contributed by atoms with E-state index in [1.165, 1.54) is 6.92 Å². The molecule has 0 aromatic rings. The van der Waals surface area contributed by atoms with E-state index in [-0.39, 0.29) is 43.2 Å². The predicted molar refractivity (Wildman–Crippen MR) is 53.2 cm³/mol. The Kier molecular flexibility index (Phi) is 7.05. The number of carbonyl (C=O) groups is 4. The minimum atomic E-state index is -0.224. The molecule has 0 fully saturated rings. The molecule has 15 heavy (non-hydrogen) atoms. The van der Waals surface area contributed by atoms with Gasteiger partial charge in [-0.15, -0.1) is 0 Å². The fourth-order valence-corrected chi connectivity index (χ4v) is 0.977. The highest BCUT2D eigenvalue weighted by Gasteiger charge is 2.06. The van der Waals surface area contributed by atoms with Crippen LogP contribution in [0.1, 0.15) is 32.6 Å². The summed E-state index contributed by atoms with van der Waals surface area (Å²) in [7, 11) is 0. The molecule has 0 unspecified atom stereocenters. The standard InChI is InChI=1S/C10H15NO4/c1-8(13)11-6-4-9(14)2-3-10(15)5-7-12/h7H,2-6H2,1H3,(H,11,13). The number of ketones is 2. The van der Waals surface area contributed by atoms with E-state index in [2.05, 4.69) is 5.32 Å². The molecule has 0 radical (unpaired) electrons. The van der Waals surface area contributed by atoms with Crippen molar-refractivity contribution in [3.05, 3.63) is 0 Å². The van der Waals surface area contributed by atoms with Crippen molar-refractivity contribution in [3.63, 3.8) is 0 Å². The lowest BCUT2D eigenvalue weighted by molar-refractivity contribution is -0.126. The lowest BCUT2D eigenvalue weighted by Crippen LogP contribution is -2.23. The SMILES string of the molecule is CC(=O)NCCC(=O)CCC(=O)CC=O. The maximum Gasteiger partial charge on any atom is 0.216 e. The average molecular weight is 213 g/mol. The Balaban J connectivity index is 3.53. The first kappa shape index (κ1) is 13.5. The molecular formula is C10H15NO4. The van der Waals surface area contributed by atoms with Crippen LogP contribution in [0.15, 0.2) is 0 Å². The Hall–Kier alpha value is -1.52. The summed E-state index contributed by atoms with van der Waals surface area (Å²) >= 11 is 0. The van der Waals surface area contributed by atoms with E-state index in [1.54, 1.807) is 0 Å². The van der Waals surface area contributed by atoms with Crippen LogP contribution in [0.3, 0.4) is 0 Å². The van der Waals surface area contributed by atoms with Crippen LogP contribution < -0.4 is 5.32 Å². The topological polar surface area (TPSA) is 80.3 Å². The van der Waals surface area contributed by atoms with Crippen molar-refractivity contribution >= 4 is 23.8 Å². The zero-order valence-corrected chi connectivity index (χ0v) is 8.75. The Morgan fingerprint density at radius 3 is 2.20 bits per heavy atom. The number of amides is 1. The molecule has 84 valence electrons. The molecule has 1 amide bonds. The van der Waals surface area contributed by atoms with Gasteiger partial charge in [-0.05, 0) is 0 Å². The molecule has 0 aromatic carbocycles. The van der Waals surface area contributed by atoms with Gasteiger partial charge in [0.1, 0.15) is 17.9 Å². The summed E-state index contributed by atoms with van der Waals surface area (Å²) in [6, 6.07) is 0. The zero-order valence-electron chi connectivity index (χ0n) is 8.75. The highest BCUT2D eigenvalue weighted by molar-refractivity contribution is 5.92. The summed E-state index contributed by atoms with van der Waals surface area (Å²) in [6.45, 7) is 1.67. The minimum Gasteiger partial charge on any atom is -0.356 e. The maximum absolute atomic E-state index is 11.1. The van der Waals surface area contributed by atoms with E-state index in [9.17, 15) is 19.2 Å². The quantitative estimate of drug-likeness (QED) is 0.455. The average Bonchev–Trinajstić information content (AvgIpc) is 2.14.